The zero-order valence-electron chi connectivity index (χ0n) is 23.2. The van der Waals surface area contributed by atoms with Gasteiger partial charge in [0.2, 0.25) is 5.91 Å². The predicted octanol–water partition coefficient (Wildman–Crippen LogP) is 6.78. The van der Waals surface area contributed by atoms with Crippen LogP contribution in [0.5, 0.6) is 0 Å². The lowest BCUT2D eigenvalue weighted by molar-refractivity contribution is -0.139. The fourth-order valence-corrected chi connectivity index (χ4v) is 5.67. The number of hydrogen-bond donors (Lipinski definition) is 1. The number of carbonyl (C=O) groups is 3. The molecular weight excluding hydrogens is 568 g/mol. The average molecular weight is 598 g/mol. The van der Waals surface area contributed by atoms with Crippen LogP contribution >= 0.6 is 11.6 Å². The molecule has 1 saturated heterocycles. The van der Waals surface area contributed by atoms with Crippen LogP contribution in [-0.4, -0.2) is 41.5 Å². The van der Waals surface area contributed by atoms with Crippen LogP contribution in [-0.2, 0) is 25.5 Å². The molecule has 0 saturated carbocycles. The Kier molecular flexibility index (Phi) is 8.72. The molecule has 3 heterocycles. The minimum atomic E-state index is -1.11. The van der Waals surface area contributed by atoms with Crippen molar-refractivity contribution in [2.45, 2.75) is 51.2 Å². The van der Waals surface area contributed by atoms with Crippen molar-refractivity contribution >= 4 is 35.3 Å². The van der Waals surface area contributed by atoms with Crippen molar-refractivity contribution in [3.8, 4) is 11.1 Å². The number of aromatic nitrogens is 1. The first-order chi connectivity index (χ1) is 20.2. The molecule has 1 aromatic heterocycles. The number of fused-ring (bicyclic) bond motifs is 4. The molecule has 1 N–H and O–H groups in total. The van der Waals surface area contributed by atoms with Crippen LogP contribution in [0.4, 0.5) is 19.3 Å². The van der Waals surface area contributed by atoms with E-state index in [-0.39, 0.29) is 41.8 Å². The summed E-state index contributed by atoms with van der Waals surface area (Å²) in [5.41, 5.74) is 3.02. The Bertz CT molecular complexity index is 1530. The summed E-state index contributed by atoms with van der Waals surface area (Å²) in [5.74, 6) is -2.66. The number of amides is 2. The molecule has 11 heteroatoms. The van der Waals surface area contributed by atoms with E-state index in [1.54, 1.807) is 29.4 Å². The van der Waals surface area contributed by atoms with Gasteiger partial charge in [0, 0.05) is 48.1 Å². The largest absolute Gasteiger partial charge is 0.469 e. The molecule has 0 aliphatic carbocycles. The van der Waals surface area contributed by atoms with Gasteiger partial charge in [-0.05, 0) is 48.2 Å². The van der Waals surface area contributed by atoms with Gasteiger partial charge in [0.05, 0.1) is 30.2 Å². The lowest BCUT2D eigenvalue weighted by atomic mass is 9.92. The van der Waals surface area contributed by atoms with Gasteiger partial charge in [-0.25, -0.2) is 13.6 Å². The number of benzene rings is 2. The Morgan fingerprint density at radius 1 is 1.14 bits per heavy atom. The first kappa shape index (κ1) is 29.4. The highest BCUT2D eigenvalue weighted by molar-refractivity contribution is 6.30. The molecule has 1 unspecified atom stereocenters. The van der Waals surface area contributed by atoms with E-state index in [0.717, 1.165) is 17.7 Å². The third kappa shape index (κ3) is 6.09. The molecule has 8 nitrogen and oxygen atoms in total. The number of nitrogens with zero attached hydrogens (tertiary/aromatic N) is 2. The molecule has 3 aromatic rings. The fourth-order valence-electron chi connectivity index (χ4n) is 5.51. The van der Waals surface area contributed by atoms with Gasteiger partial charge in [-0.3, -0.25) is 14.6 Å². The van der Waals surface area contributed by atoms with E-state index in [1.807, 2.05) is 19.1 Å². The van der Waals surface area contributed by atoms with E-state index in [9.17, 15) is 23.2 Å². The number of pyridine rings is 1. The topological polar surface area (TPSA) is 97.8 Å². The molecule has 1 fully saturated rings. The minimum Gasteiger partial charge on any atom is -0.469 e. The van der Waals surface area contributed by atoms with E-state index >= 15 is 0 Å². The molecule has 2 aliphatic rings. The highest BCUT2D eigenvalue weighted by atomic mass is 35.5. The fraction of sp³-hybridized carbons (Fsp3) is 0.355. The van der Waals surface area contributed by atoms with Gasteiger partial charge in [0.1, 0.15) is 11.9 Å². The second-order valence-electron chi connectivity index (χ2n) is 10.6. The Hall–Kier alpha value is -4.05. The zero-order chi connectivity index (χ0) is 30.0. The number of carbonyl (C=O) groups excluding carboxylic acids is 3. The number of rotatable bonds is 4. The first-order valence-electron chi connectivity index (χ1n) is 13.7. The SMILES string of the molecule is COC(=O)Cc1ccc2c(c1)NC(=O)[C@H](C)CCC[C@H](N1CCC(c3c(F)ccc(Cl)c3F)OC1=O)c1cncc-2c1. The monoisotopic (exact) mass is 597 g/mol. The smallest absolute Gasteiger partial charge is 0.410 e. The Labute approximate surface area is 247 Å². The summed E-state index contributed by atoms with van der Waals surface area (Å²) in [6, 6.07) is 8.99. The number of ether oxygens (including phenoxy) is 2. The second-order valence-corrected chi connectivity index (χ2v) is 11.0. The second kappa shape index (κ2) is 12.4. The number of anilines is 1. The van der Waals surface area contributed by atoms with Crippen molar-refractivity contribution < 1.29 is 32.6 Å². The molecule has 2 amide bonds. The van der Waals surface area contributed by atoms with Crippen LogP contribution in [0.2, 0.25) is 5.02 Å². The average Bonchev–Trinajstić information content (AvgIpc) is 2.97. The maximum absolute atomic E-state index is 14.7. The van der Waals surface area contributed by atoms with Gasteiger partial charge in [-0.1, -0.05) is 37.1 Å². The van der Waals surface area contributed by atoms with Gasteiger partial charge in [0.25, 0.3) is 0 Å². The van der Waals surface area contributed by atoms with Crippen molar-refractivity contribution in [3.63, 3.8) is 0 Å². The molecule has 220 valence electrons. The summed E-state index contributed by atoms with van der Waals surface area (Å²) < 4.78 is 39.6. The van der Waals surface area contributed by atoms with E-state index < -0.39 is 35.8 Å². The lowest BCUT2D eigenvalue weighted by Crippen LogP contribution is -2.42. The molecular formula is C31H30ClF2N3O5. The van der Waals surface area contributed by atoms with Gasteiger partial charge in [-0.2, -0.15) is 0 Å². The third-order valence-corrected chi connectivity index (χ3v) is 8.11. The van der Waals surface area contributed by atoms with Crippen molar-refractivity contribution in [1.82, 2.24) is 9.88 Å². The van der Waals surface area contributed by atoms with Crippen molar-refractivity contribution in [3.05, 3.63) is 82.1 Å². The van der Waals surface area contributed by atoms with Crippen LogP contribution in [0.25, 0.3) is 11.1 Å². The number of hydrogen-bond acceptors (Lipinski definition) is 6. The predicted molar refractivity (Wildman–Crippen MR) is 152 cm³/mol. The first-order valence-corrected chi connectivity index (χ1v) is 14.1. The van der Waals surface area contributed by atoms with Crippen LogP contribution in [0.15, 0.2) is 48.8 Å². The number of cyclic esters (lactones) is 1. The zero-order valence-corrected chi connectivity index (χ0v) is 23.9. The third-order valence-electron chi connectivity index (χ3n) is 7.82. The van der Waals surface area contributed by atoms with Gasteiger partial charge in [0.15, 0.2) is 5.82 Å². The van der Waals surface area contributed by atoms with E-state index in [4.69, 9.17) is 21.1 Å². The minimum absolute atomic E-state index is 0.0522. The normalized spacial score (nSPS) is 20.9. The number of methoxy groups -OCH3 is 1. The highest BCUT2D eigenvalue weighted by Gasteiger charge is 2.36. The molecule has 2 aromatic carbocycles. The van der Waals surface area contributed by atoms with Gasteiger partial charge >= 0.3 is 12.1 Å². The summed E-state index contributed by atoms with van der Waals surface area (Å²) >= 11 is 5.86. The van der Waals surface area contributed by atoms with Crippen molar-refractivity contribution in [2.24, 2.45) is 5.92 Å². The molecule has 5 rings (SSSR count). The molecule has 2 bridgehead atoms. The van der Waals surface area contributed by atoms with Crippen molar-refractivity contribution in [2.75, 3.05) is 19.0 Å². The van der Waals surface area contributed by atoms with E-state index in [1.165, 1.54) is 7.11 Å². The quantitative estimate of drug-likeness (QED) is 0.263. The maximum Gasteiger partial charge on any atom is 0.410 e. The molecule has 0 radical (unpaired) electrons. The summed E-state index contributed by atoms with van der Waals surface area (Å²) in [5, 5.41) is 2.76. The van der Waals surface area contributed by atoms with Gasteiger partial charge in [-0.15, -0.1) is 0 Å². The summed E-state index contributed by atoms with van der Waals surface area (Å²) in [4.78, 5) is 44.3. The Morgan fingerprint density at radius 3 is 2.71 bits per heavy atom. The van der Waals surface area contributed by atoms with Gasteiger partial charge < -0.3 is 19.7 Å². The number of halogens is 3. The highest BCUT2D eigenvalue weighted by Crippen LogP contribution is 2.39. The Balaban J connectivity index is 1.48. The van der Waals surface area contributed by atoms with Crippen LogP contribution in [0.1, 0.15) is 61.4 Å². The number of esters is 1. The van der Waals surface area contributed by atoms with Crippen LogP contribution in [0.3, 0.4) is 0 Å². The molecule has 0 spiro atoms. The molecule has 42 heavy (non-hydrogen) atoms. The number of nitrogens with one attached hydrogen (secondary N) is 1. The van der Waals surface area contributed by atoms with E-state index in [0.29, 0.717) is 41.6 Å². The lowest BCUT2D eigenvalue weighted by Gasteiger charge is -2.38. The maximum atomic E-state index is 14.7. The summed E-state index contributed by atoms with van der Waals surface area (Å²) in [6.45, 7) is 2.02. The van der Waals surface area contributed by atoms with E-state index in [2.05, 4.69) is 10.3 Å². The van der Waals surface area contributed by atoms with Crippen LogP contribution < -0.4 is 5.32 Å². The van der Waals surface area contributed by atoms with Crippen LogP contribution in [0, 0.1) is 17.6 Å². The van der Waals surface area contributed by atoms with Crippen molar-refractivity contribution in [1.29, 1.82) is 0 Å². The Morgan fingerprint density at radius 2 is 1.95 bits per heavy atom. The summed E-state index contributed by atoms with van der Waals surface area (Å²) in [7, 11) is 1.32. The standard InChI is InChI=1S/C31H30ClF2N3O5/c1-17-4-3-5-25(37-11-10-26(42-31(37)40)28-23(33)9-8-22(32)29(28)34)20-14-19(15-35-16-20)21-7-6-18(13-27(38)41-2)12-24(21)36-30(17)39/h6-9,12,14-17,25-26H,3-5,10-11,13H2,1-2H3,(H,36,39)/t17-,25+,26?/m1/s1. The molecule has 2 aliphatic heterocycles. The summed E-state index contributed by atoms with van der Waals surface area (Å²) in [6.07, 6.45) is 3.43. The molecule has 3 atom stereocenters.